The van der Waals surface area contributed by atoms with Crippen molar-refractivity contribution in [3.05, 3.63) is 59.7 Å². The number of piperidine rings is 1. The van der Waals surface area contributed by atoms with E-state index in [-0.39, 0.29) is 5.91 Å². The Morgan fingerprint density at radius 2 is 1.77 bits per heavy atom. The van der Waals surface area contributed by atoms with Crippen molar-refractivity contribution < 1.29 is 9.53 Å². The molecule has 0 aliphatic carbocycles. The molecule has 3 rings (SSSR count). The minimum absolute atomic E-state index is 0.0652. The summed E-state index contributed by atoms with van der Waals surface area (Å²) in [5.41, 5.74) is 2.17. The third-order valence-corrected chi connectivity index (χ3v) is 5.53. The molecule has 1 aliphatic rings. The molecule has 0 aromatic heterocycles. The van der Waals surface area contributed by atoms with Gasteiger partial charge in [-0.3, -0.25) is 14.7 Å². The van der Waals surface area contributed by atoms with Crippen molar-refractivity contribution in [2.75, 3.05) is 33.7 Å². The molecule has 1 fully saturated rings. The molecule has 1 aliphatic heterocycles. The highest BCUT2D eigenvalue weighted by atomic mass is 16.5. The quantitative estimate of drug-likeness (QED) is 0.471. The maximum Gasteiger partial charge on any atom is 0.233 e. The van der Waals surface area contributed by atoms with Crippen LogP contribution in [0.4, 0.5) is 0 Å². The molecule has 0 atom stereocenters. The van der Waals surface area contributed by atoms with Gasteiger partial charge >= 0.3 is 0 Å². The van der Waals surface area contributed by atoms with Crippen molar-refractivity contribution >= 4 is 11.9 Å². The zero-order chi connectivity index (χ0) is 22.1. The lowest BCUT2D eigenvalue weighted by Crippen LogP contribution is -2.49. The summed E-state index contributed by atoms with van der Waals surface area (Å²) in [4.78, 5) is 18.1. The SMILES string of the molecule is CN=C(NCc1ccccc1Oc1ccccc1C)NC1CCN(CC(=O)NC)CC1. The third-order valence-electron chi connectivity index (χ3n) is 5.53. The summed E-state index contributed by atoms with van der Waals surface area (Å²) in [5, 5.41) is 9.60. The number of amides is 1. The number of likely N-dealkylation sites (tertiary alicyclic amines) is 1. The van der Waals surface area contributed by atoms with Crippen molar-refractivity contribution in [2.24, 2.45) is 4.99 Å². The molecular formula is C24H33N5O2. The number of nitrogens with one attached hydrogen (secondary N) is 3. The van der Waals surface area contributed by atoms with E-state index in [0.29, 0.717) is 19.1 Å². The fourth-order valence-electron chi connectivity index (χ4n) is 3.62. The fourth-order valence-corrected chi connectivity index (χ4v) is 3.62. The highest BCUT2D eigenvalue weighted by Crippen LogP contribution is 2.27. The molecule has 31 heavy (non-hydrogen) atoms. The van der Waals surface area contributed by atoms with E-state index in [1.54, 1.807) is 14.1 Å². The largest absolute Gasteiger partial charge is 0.457 e. The second kappa shape index (κ2) is 11.4. The van der Waals surface area contributed by atoms with Crippen molar-refractivity contribution in [1.82, 2.24) is 20.9 Å². The Balaban J connectivity index is 1.52. The van der Waals surface area contributed by atoms with Crippen molar-refractivity contribution in [3.63, 3.8) is 0 Å². The second-order valence-electron chi connectivity index (χ2n) is 7.77. The maximum atomic E-state index is 11.6. The molecule has 1 saturated heterocycles. The fraction of sp³-hybridized carbons (Fsp3) is 0.417. The van der Waals surface area contributed by atoms with Gasteiger partial charge in [-0.2, -0.15) is 0 Å². The molecule has 0 spiro atoms. The van der Waals surface area contributed by atoms with E-state index in [9.17, 15) is 4.79 Å². The van der Waals surface area contributed by atoms with Gasteiger partial charge in [-0.05, 0) is 37.5 Å². The lowest BCUT2D eigenvalue weighted by atomic mass is 10.1. The number of ether oxygens (including phenoxy) is 1. The van der Waals surface area contributed by atoms with Crippen LogP contribution in [-0.4, -0.2) is 56.5 Å². The van der Waals surface area contributed by atoms with Gasteiger partial charge in [0.1, 0.15) is 11.5 Å². The standard InChI is InChI=1S/C24H33N5O2/c1-18-8-4-6-10-21(18)31-22-11-7-5-9-19(22)16-27-24(26-3)28-20-12-14-29(15-13-20)17-23(30)25-2/h4-11,20H,12-17H2,1-3H3,(H,25,30)(H2,26,27,28). The third kappa shape index (κ3) is 6.72. The van der Waals surface area contributed by atoms with E-state index >= 15 is 0 Å². The highest BCUT2D eigenvalue weighted by Gasteiger charge is 2.21. The van der Waals surface area contributed by atoms with Crippen LogP contribution in [0.3, 0.4) is 0 Å². The van der Waals surface area contributed by atoms with Gasteiger partial charge in [-0.1, -0.05) is 36.4 Å². The summed E-state index contributed by atoms with van der Waals surface area (Å²) in [6.45, 7) is 4.91. The predicted molar refractivity (Wildman–Crippen MR) is 125 cm³/mol. The van der Waals surface area contributed by atoms with Crippen LogP contribution in [0.25, 0.3) is 0 Å². The smallest absolute Gasteiger partial charge is 0.233 e. The van der Waals surface area contributed by atoms with Gasteiger partial charge in [0, 0.05) is 45.3 Å². The molecule has 0 saturated carbocycles. The first kappa shape index (κ1) is 22.6. The maximum absolute atomic E-state index is 11.6. The number of guanidine groups is 1. The van der Waals surface area contributed by atoms with Gasteiger partial charge < -0.3 is 20.7 Å². The van der Waals surface area contributed by atoms with Gasteiger partial charge in [0.05, 0.1) is 6.54 Å². The number of hydrogen-bond acceptors (Lipinski definition) is 4. The van der Waals surface area contributed by atoms with Crippen LogP contribution in [0.15, 0.2) is 53.5 Å². The molecule has 2 aromatic rings. The molecule has 7 nitrogen and oxygen atoms in total. The zero-order valence-corrected chi connectivity index (χ0v) is 18.6. The number of aliphatic imine (C=N–C) groups is 1. The van der Waals surface area contributed by atoms with E-state index in [1.807, 2.05) is 49.4 Å². The van der Waals surface area contributed by atoms with E-state index in [1.165, 1.54) is 0 Å². The Morgan fingerprint density at radius 3 is 2.45 bits per heavy atom. The molecular weight excluding hydrogens is 390 g/mol. The van der Waals surface area contributed by atoms with Gasteiger partial charge in [-0.25, -0.2) is 0 Å². The molecule has 0 radical (unpaired) electrons. The summed E-state index contributed by atoms with van der Waals surface area (Å²) >= 11 is 0. The second-order valence-corrected chi connectivity index (χ2v) is 7.77. The van der Waals surface area contributed by atoms with Crippen molar-refractivity contribution in [1.29, 1.82) is 0 Å². The number of aryl methyl sites for hydroxylation is 1. The minimum Gasteiger partial charge on any atom is -0.457 e. The van der Waals surface area contributed by atoms with E-state index in [0.717, 1.165) is 54.5 Å². The van der Waals surface area contributed by atoms with Crippen LogP contribution in [0, 0.1) is 6.92 Å². The van der Waals surface area contributed by atoms with Gasteiger partial charge in [0.2, 0.25) is 5.91 Å². The lowest BCUT2D eigenvalue weighted by Gasteiger charge is -2.32. The monoisotopic (exact) mass is 423 g/mol. The Morgan fingerprint density at radius 1 is 1.10 bits per heavy atom. The number of benzene rings is 2. The van der Waals surface area contributed by atoms with Crippen LogP contribution < -0.4 is 20.7 Å². The van der Waals surface area contributed by atoms with E-state index in [4.69, 9.17) is 4.74 Å². The number of nitrogens with zero attached hydrogens (tertiary/aromatic N) is 2. The predicted octanol–water partition coefficient (Wildman–Crippen LogP) is 2.66. The van der Waals surface area contributed by atoms with Crippen LogP contribution >= 0.6 is 0 Å². The van der Waals surface area contributed by atoms with Gasteiger partial charge in [0.15, 0.2) is 5.96 Å². The minimum atomic E-state index is 0.0652. The summed E-state index contributed by atoms with van der Waals surface area (Å²) in [7, 11) is 3.46. The number of likely N-dealkylation sites (N-methyl/N-ethyl adjacent to an activating group) is 1. The van der Waals surface area contributed by atoms with Crippen molar-refractivity contribution in [2.45, 2.75) is 32.4 Å². The number of rotatable bonds is 7. The topological polar surface area (TPSA) is 78.0 Å². The normalized spacial score (nSPS) is 15.4. The Hall–Kier alpha value is -3.06. The lowest BCUT2D eigenvalue weighted by molar-refractivity contribution is -0.122. The zero-order valence-electron chi connectivity index (χ0n) is 18.6. The Bertz CT molecular complexity index is 891. The number of hydrogen-bond donors (Lipinski definition) is 3. The van der Waals surface area contributed by atoms with Crippen molar-refractivity contribution in [3.8, 4) is 11.5 Å². The highest BCUT2D eigenvalue weighted by molar-refractivity contribution is 5.80. The number of para-hydroxylation sites is 2. The molecule has 7 heteroatoms. The molecule has 1 amide bonds. The first-order valence-corrected chi connectivity index (χ1v) is 10.8. The summed E-state index contributed by atoms with van der Waals surface area (Å²) in [5.74, 6) is 2.54. The van der Waals surface area contributed by atoms with Gasteiger partial charge in [-0.15, -0.1) is 0 Å². The van der Waals surface area contributed by atoms with E-state index in [2.05, 4.69) is 31.9 Å². The Kier molecular flexibility index (Phi) is 8.29. The molecule has 0 unspecified atom stereocenters. The van der Waals surface area contributed by atoms with E-state index < -0.39 is 0 Å². The molecule has 1 heterocycles. The first-order chi connectivity index (χ1) is 15.1. The summed E-state index contributed by atoms with van der Waals surface area (Å²) in [6, 6.07) is 16.4. The molecule has 2 aromatic carbocycles. The Labute approximate surface area is 184 Å². The molecule has 3 N–H and O–H groups in total. The van der Waals surface area contributed by atoms with Crippen LogP contribution in [0.5, 0.6) is 11.5 Å². The van der Waals surface area contributed by atoms with Crippen LogP contribution in [-0.2, 0) is 11.3 Å². The summed E-state index contributed by atoms with van der Waals surface area (Å²) < 4.78 is 6.17. The average Bonchev–Trinajstić information content (AvgIpc) is 2.80. The average molecular weight is 424 g/mol. The number of carbonyl (C=O) groups is 1. The number of carbonyl (C=O) groups excluding carboxylic acids is 1. The van der Waals surface area contributed by atoms with Gasteiger partial charge in [0.25, 0.3) is 0 Å². The summed E-state index contributed by atoms with van der Waals surface area (Å²) in [6.07, 6.45) is 1.95. The molecule has 0 bridgehead atoms. The van der Waals surface area contributed by atoms with Crippen LogP contribution in [0.1, 0.15) is 24.0 Å². The van der Waals surface area contributed by atoms with Crippen LogP contribution in [0.2, 0.25) is 0 Å². The first-order valence-electron chi connectivity index (χ1n) is 10.8. The molecule has 166 valence electrons.